The molecule has 0 saturated carbocycles. The van der Waals surface area contributed by atoms with Gasteiger partial charge in [0.1, 0.15) is 0 Å². The van der Waals surface area contributed by atoms with Crippen LogP contribution in [0, 0.1) is 0 Å². The van der Waals surface area contributed by atoms with Gasteiger partial charge in [0.15, 0.2) is 0 Å². The van der Waals surface area contributed by atoms with Crippen molar-refractivity contribution in [1.29, 1.82) is 0 Å². The second-order valence-electron chi connectivity index (χ2n) is 6.64. The van der Waals surface area contributed by atoms with E-state index in [2.05, 4.69) is 18.8 Å². The number of benzene rings is 2. The van der Waals surface area contributed by atoms with E-state index >= 15 is 0 Å². The maximum absolute atomic E-state index is 13.2. The number of aromatic nitrogens is 1. The van der Waals surface area contributed by atoms with E-state index in [0.717, 1.165) is 22.2 Å². The zero-order valence-electron chi connectivity index (χ0n) is 15.0. The van der Waals surface area contributed by atoms with Crippen LogP contribution in [0.4, 0.5) is 0 Å². The maximum Gasteiger partial charge on any atom is 0.254 e. The second kappa shape index (κ2) is 7.65. The van der Waals surface area contributed by atoms with Crippen molar-refractivity contribution < 1.29 is 4.79 Å². The third-order valence-electron chi connectivity index (χ3n) is 4.34. The summed E-state index contributed by atoms with van der Waals surface area (Å²) in [6, 6.07) is 15.1. The summed E-state index contributed by atoms with van der Waals surface area (Å²) in [6.07, 6.45) is 0. The summed E-state index contributed by atoms with van der Waals surface area (Å²) in [7, 11) is 1.77. The molecular weight excluding hydrogens is 367 g/mol. The molecule has 0 spiro atoms. The van der Waals surface area contributed by atoms with Crippen molar-refractivity contribution in [2.24, 2.45) is 0 Å². The topological polar surface area (TPSA) is 33.2 Å². The molecule has 3 rings (SSSR count). The minimum absolute atomic E-state index is 0.0680. The molecule has 0 aliphatic carbocycles. The number of carbonyl (C=O) groups excluding carboxylic acids is 1. The Morgan fingerprint density at radius 2 is 1.85 bits per heavy atom. The average Bonchev–Trinajstić information content (AvgIpc) is 2.63. The first-order valence-corrected chi connectivity index (χ1v) is 9.22. The lowest BCUT2D eigenvalue weighted by atomic mass is 10.0. The number of amides is 1. The molecule has 1 heterocycles. The van der Waals surface area contributed by atoms with Crippen molar-refractivity contribution in [1.82, 2.24) is 9.88 Å². The first-order valence-electron chi connectivity index (χ1n) is 8.46. The fourth-order valence-electron chi connectivity index (χ4n) is 2.87. The first kappa shape index (κ1) is 18.7. The Kier molecular flexibility index (Phi) is 5.49. The fraction of sp³-hybridized carbons (Fsp3) is 0.238. The van der Waals surface area contributed by atoms with Gasteiger partial charge in [-0.25, -0.2) is 0 Å². The SMILES string of the molecule is CC(C)c1cc(C(=O)N(C)Cc2cccc(Cl)c2Cl)c2ccccc2n1. The van der Waals surface area contributed by atoms with Gasteiger partial charge in [0, 0.05) is 24.7 Å². The molecule has 3 aromatic rings. The summed E-state index contributed by atoms with van der Waals surface area (Å²) in [4.78, 5) is 19.5. The van der Waals surface area contributed by atoms with E-state index in [1.165, 1.54) is 0 Å². The molecule has 0 aliphatic heterocycles. The third-order valence-corrected chi connectivity index (χ3v) is 5.20. The number of para-hydroxylation sites is 1. The number of carbonyl (C=O) groups is 1. The van der Waals surface area contributed by atoms with Gasteiger partial charge in [-0.15, -0.1) is 0 Å². The Bertz CT molecular complexity index is 969. The van der Waals surface area contributed by atoms with Gasteiger partial charge in [0.05, 0.1) is 21.1 Å². The van der Waals surface area contributed by atoms with E-state index in [4.69, 9.17) is 23.2 Å². The molecule has 26 heavy (non-hydrogen) atoms. The van der Waals surface area contributed by atoms with E-state index in [1.54, 1.807) is 18.0 Å². The molecule has 0 saturated heterocycles. The zero-order valence-corrected chi connectivity index (χ0v) is 16.5. The van der Waals surface area contributed by atoms with Crippen LogP contribution in [-0.2, 0) is 6.54 Å². The molecule has 1 aromatic heterocycles. The summed E-state index contributed by atoms with van der Waals surface area (Å²) in [5.41, 5.74) is 3.20. The molecule has 134 valence electrons. The van der Waals surface area contributed by atoms with Crippen molar-refractivity contribution in [3.63, 3.8) is 0 Å². The van der Waals surface area contributed by atoms with Gasteiger partial charge in [0.25, 0.3) is 5.91 Å². The van der Waals surface area contributed by atoms with E-state index in [1.807, 2.05) is 42.5 Å². The predicted octanol–water partition coefficient (Wildman–Crippen LogP) is 5.94. The molecular formula is C21H20Cl2N2O. The summed E-state index contributed by atoms with van der Waals surface area (Å²) in [5, 5.41) is 1.82. The minimum Gasteiger partial charge on any atom is -0.337 e. The van der Waals surface area contributed by atoms with Crippen LogP contribution in [0.2, 0.25) is 10.0 Å². The van der Waals surface area contributed by atoms with Gasteiger partial charge in [-0.2, -0.15) is 0 Å². The highest BCUT2D eigenvalue weighted by Gasteiger charge is 2.19. The van der Waals surface area contributed by atoms with Gasteiger partial charge in [-0.05, 0) is 29.7 Å². The molecule has 0 fully saturated rings. The largest absolute Gasteiger partial charge is 0.337 e. The van der Waals surface area contributed by atoms with Gasteiger partial charge in [-0.3, -0.25) is 9.78 Å². The third kappa shape index (κ3) is 3.69. The highest BCUT2D eigenvalue weighted by Crippen LogP contribution is 2.28. The summed E-state index contributed by atoms with van der Waals surface area (Å²) in [5.74, 6) is 0.167. The Morgan fingerprint density at radius 1 is 1.12 bits per heavy atom. The van der Waals surface area contributed by atoms with Crippen LogP contribution in [0.5, 0.6) is 0 Å². The number of hydrogen-bond donors (Lipinski definition) is 0. The number of hydrogen-bond acceptors (Lipinski definition) is 2. The van der Waals surface area contributed by atoms with E-state index in [0.29, 0.717) is 22.2 Å². The van der Waals surface area contributed by atoms with Crippen LogP contribution < -0.4 is 0 Å². The Balaban J connectivity index is 1.99. The molecule has 0 atom stereocenters. The van der Waals surface area contributed by atoms with Crippen LogP contribution >= 0.6 is 23.2 Å². The molecule has 0 aliphatic rings. The Hall–Kier alpha value is -2.10. The van der Waals surface area contributed by atoms with Crippen molar-refractivity contribution in [2.45, 2.75) is 26.3 Å². The molecule has 0 unspecified atom stereocenters. The smallest absolute Gasteiger partial charge is 0.254 e. The zero-order chi connectivity index (χ0) is 18.8. The van der Waals surface area contributed by atoms with Crippen LogP contribution in [0.1, 0.15) is 41.4 Å². The normalized spacial score (nSPS) is 11.2. The first-order chi connectivity index (χ1) is 12.4. The van der Waals surface area contributed by atoms with E-state index in [-0.39, 0.29) is 11.8 Å². The Morgan fingerprint density at radius 3 is 2.58 bits per heavy atom. The summed E-state index contributed by atoms with van der Waals surface area (Å²) < 4.78 is 0. The quantitative estimate of drug-likeness (QED) is 0.555. The summed E-state index contributed by atoms with van der Waals surface area (Å²) >= 11 is 12.4. The van der Waals surface area contributed by atoms with Crippen LogP contribution in [0.15, 0.2) is 48.5 Å². The Labute approximate surface area is 163 Å². The number of rotatable bonds is 4. The maximum atomic E-state index is 13.2. The lowest BCUT2D eigenvalue weighted by molar-refractivity contribution is 0.0787. The predicted molar refractivity (Wildman–Crippen MR) is 108 cm³/mol. The fourth-order valence-corrected chi connectivity index (χ4v) is 3.25. The molecule has 2 aromatic carbocycles. The number of fused-ring (bicyclic) bond motifs is 1. The highest BCUT2D eigenvalue weighted by molar-refractivity contribution is 6.42. The van der Waals surface area contributed by atoms with Crippen molar-refractivity contribution in [3.05, 3.63) is 75.4 Å². The number of nitrogens with zero attached hydrogens (tertiary/aromatic N) is 2. The molecule has 0 radical (unpaired) electrons. The second-order valence-corrected chi connectivity index (χ2v) is 7.43. The van der Waals surface area contributed by atoms with Crippen LogP contribution in [0.3, 0.4) is 0 Å². The monoisotopic (exact) mass is 386 g/mol. The van der Waals surface area contributed by atoms with Crippen molar-refractivity contribution >= 4 is 40.0 Å². The van der Waals surface area contributed by atoms with E-state index < -0.39 is 0 Å². The molecule has 3 nitrogen and oxygen atoms in total. The number of halogens is 2. The number of pyridine rings is 1. The standard InChI is InChI=1S/C21H20Cl2N2O/c1-13(2)19-11-16(15-8-4-5-10-18(15)24-19)21(26)25(3)12-14-7-6-9-17(22)20(14)23/h4-11,13H,12H2,1-3H3. The van der Waals surface area contributed by atoms with Gasteiger partial charge >= 0.3 is 0 Å². The molecule has 5 heteroatoms. The minimum atomic E-state index is -0.0680. The molecule has 0 bridgehead atoms. The molecule has 1 amide bonds. The molecule has 0 N–H and O–H groups in total. The van der Waals surface area contributed by atoms with Gasteiger partial charge < -0.3 is 4.90 Å². The van der Waals surface area contributed by atoms with Gasteiger partial charge in [-0.1, -0.05) is 67.4 Å². The lowest BCUT2D eigenvalue weighted by Gasteiger charge is -2.20. The average molecular weight is 387 g/mol. The van der Waals surface area contributed by atoms with Crippen molar-refractivity contribution in [3.8, 4) is 0 Å². The van der Waals surface area contributed by atoms with E-state index in [9.17, 15) is 4.79 Å². The van der Waals surface area contributed by atoms with Crippen LogP contribution in [-0.4, -0.2) is 22.8 Å². The highest BCUT2D eigenvalue weighted by atomic mass is 35.5. The lowest BCUT2D eigenvalue weighted by Crippen LogP contribution is -2.27. The van der Waals surface area contributed by atoms with Crippen molar-refractivity contribution in [2.75, 3.05) is 7.05 Å². The van der Waals surface area contributed by atoms with Crippen LogP contribution in [0.25, 0.3) is 10.9 Å². The van der Waals surface area contributed by atoms with Gasteiger partial charge in [0.2, 0.25) is 0 Å². The summed E-state index contributed by atoms with van der Waals surface area (Å²) in [6.45, 7) is 4.52.